The predicted molar refractivity (Wildman–Crippen MR) is 73.4 cm³/mol. The summed E-state index contributed by atoms with van der Waals surface area (Å²) in [5.74, 6) is 0.180. The molecule has 0 heterocycles. The molecule has 1 unspecified atom stereocenters. The standard InChI is InChI=1S/C15H21FN2O/c1-3-17-15(19)10(2)18-12-8-11(9-12)13-6-4-5-7-14(13)16/h4-7,10-12,18H,3,8-9H2,1-2H3,(H,17,19). The zero-order valence-corrected chi connectivity index (χ0v) is 11.4. The molecule has 3 nitrogen and oxygen atoms in total. The van der Waals surface area contributed by atoms with Crippen molar-refractivity contribution in [3.63, 3.8) is 0 Å². The number of hydrogen-bond acceptors (Lipinski definition) is 2. The summed E-state index contributed by atoms with van der Waals surface area (Å²) in [6.45, 7) is 4.41. The van der Waals surface area contributed by atoms with Crippen LogP contribution in [0.4, 0.5) is 4.39 Å². The Morgan fingerprint density at radius 3 is 2.74 bits per heavy atom. The first-order chi connectivity index (χ1) is 9.11. The van der Waals surface area contributed by atoms with Gasteiger partial charge in [0.05, 0.1) is 6.04 Å². The van der Waals surface area contributed by atoms with E-state index in [-0.39, 0.29) is 23.7 Å². The Morgan fingerprint density at radius 2 is 2.11 bits per heavy atom. The van der Waals surface area contributed by atoms with Crippen molar-refractivity contribution >= 4 is 5.91 Å². The van der Waals surface area contributed by atoms with Crippen LogP contribution in [0.15, 0.2) is 24.3 Å². The fourth-order valence-corrected chi connectivity index (χ4v) is 2.57. The molecule has 1 aromatic rings. The molecule has 1 aliphatic carbocycles. The van der Waals surface area contributed by atoms with E-state index in [0.29, 0.717) is 12.6 Å². The summed E-state index contributed by atoms with van der Waals surface area (Å²) < 4.78 is 13.6. The quantitative estimate of drug-likeness (QED) is 0.856. The molecule has 0 spiro atoms. The first kappa shape index (κ1) is 14.0. The van der Waals surface area contributed by atoms with Crippen molar-refractivity contribution < 1.29 is 9.18 Å². The Hall–Kier alpha value is -1.42. The number of amides is 1. The van der Waals surface area contributed by atoms with Gasteiger partial charge in [0.2, 0.25) is 5.91 Å². The second kappa shape index (κ2) is 6.15. The second-order valence-corrected chi connectivity index (χ2v) is 5.17. The summed E-state index contributed by atoms with van der Waals surface area (Å²) in [4.78, 5) is 11.6. The molecule has 4 heteroatoms. The third-order valence-corrected chi connectivity index (χ3v) is 3.71. The van der Waals surface area contributed by atoms with Gasteiger partial charge in [-0.05, 0) is 44.2 Å². The highest BCUT2D eigenvalue weighted by Crippen LogP contribution is 2.38. The van der Waals surface area contributed by atoms with Crippen LogP contribution in [0.2, 0.25) is 0 Å². The molecule has 104 valence electrons. The van der Waals surface area contributed by atoms with Gasteiger partial charge in [-0.2, -0.15) is 0 Å². The number of carbonyl (C=O) groups is 1. The van der Waals surface area contributed by atoms with Crippen LogP contribution in [0.3, 0.4) is 0 Å². The number of likely N-dealkylation sites (N-methyl/N-ethyl adjacent to an activating group) is 1. The normalized spacial score (nSPS) is 23.5. The van der Waals surface area contributed by atoms with Gasteiger partial charge in [0.15, 0.2) is 0 Å². The summed E-state index contributed by atoms with van der Waals surface area (Å²) >= 11 is 0. The van der Waals surface area contributed by atoms with Crippen LogP contribution in [0.1, 0.15) is 38.2 Å². The van der Waals surface area contributed by atoms with E-state index in [9.17, 15) is 9.18 Å². The average molecular weight is 264 g/mol. The van der Waals surface area contributed by atoms with Crippen LogP contribution in [-0.4, -0.2) is 24.5 Å². The van der Waals surface area contributed by atoms with E-state index in [4.69, 9.17) is 0 Å². The van der Waals surface area contributed by atoms with Crippen molar-refractivity contribution in [1.82, 2.24) is 10.6 Å². The van der Waals surface area contributed by atoms with Crippen molar-refractivity contribution in [2.75, 3.05) is 6.54 Å². The van der Waals surface area contributed by atoms with Crippen LogP contribution in [0, 0.1) is 5.82 Å². The Kier molecular flexibility index (Phi) is 4.53. The highest BCUT2D eigenvalue weighted by Gasteiger charge is 2.33. The van der Waals surface area contributed by atoms with Gasteiger partial charge in [-0.3, -0.25) is 4.79 Å². The summed E-state index contributed by atoms with van der Waals surface area (Å²) in [5.41, 5.74) is 0.797. The van der Waals surface area contributed by atoms with Crippen molar-refractivity contribution in [3.8, 4) is 0 Å². The minimum atomic E-state index is -0.188. The van der Waals surface area contributed by atoms with Gasteiger partial charge in [0.25, 0.3) is 0 Å². The maximum atomic E-state index is 13.6. The lowest BCUT2D eigenvalue weighted by Gasteiger charge is -2.38. The first-order valence-electron chi connectivity index (χ1n) is 6.90. The van der Waals surface area contributed by atoms with Gasteiger partial charge in [-0.15, -0.1) is 0 Å². The van der Waals surface area contributed by atoms with Crippen molar-refractivity contribution in [3.05, 3.63) is 35.6 Å². The highest BCUT2D eigenvalue weighted by molar-refractivity contribution is 5.81. The SMILES string of the molecule is CCNC(=O)C(C)NC1CC(c2ccccc2F)C1. The van der Waals surface area contributed by atoms with Crippen LogP contribution in [-0.2, 0) is 4.79 Å². The van der Waals surface area contributed by atoms with E-state index < -0.39 is 0 Å². The summed E-state index contributed by atoms with van der Waals surface area (Å²) in [6.07, 6.45) is 1.79. The van der Waals surface area contributed by atoms with E-state index in [1.807, 2.05) is 26.0 Å². The van der Waals surface area contributed by atoms with Gasteiger partial charge in [0, 0.05) is 12.6 Å². The smallest absolute Gasteiger partial charge is 0.236 e. The molecule has 1 aromatic carbocycles. The summed E-state index contributed by atoms with van der Waals surface area (Å²) in [7, 11) is 0. The average Bonchev–Trinajstić information content (AvgIpc) is 2.34. The lowest BCUT2D eigenvalue weighted by atomic mass is 9.75. The van der Waals surface area contributed by atoms with E-state index in [1.165, 1.54) is 6.07 Å². The molecule has 1 aliphatic rings. The minimum Gasteiger partial charge on any atom is -0.355 e. The Morgan fingerprint density at radius 1 is 1.42 bits per heavy atom. The molecule has 0 bridgehead atoms. The fourth-order valence-electron chi connectivity index (χ4n) is 2.57. The van der Waals surface area contributed by atoms with Gasteiger partial charge in [-0.1, -0.05) is 18.2 Å². The van der Waals surface area contributed by atoms with Crippen molar-refractivity contribution in [1.29, 1.82) is 0 Å². The van der Waals surface area contributed by atoms with Crippen LogP contribution < -0.4 is 10.6 Å². The van der Waals surface area contributed by atoms with Crippen LogP contribution in [0.25, 0.3) is 0 Å². The molecule has 0 saturated heterocycles. The Bertz CT molecular complexity index is 444. The van der Waals surface area contributed by atoms with Gasteiger partial charge < -0.3 is 10.6 Å². The molecule has 0 aromatic heterocycles. The largest absolute Gasteiger partial charge is 0.355 e. The lowest BCUT2D eigenvalue weighted by Crippen LogP contribution is -2.50. The third-order valence-electron chi connectivity index (χ3n) is 3.71. The zero-order chi connectivity index (χ0) is 13.8. The maximum Gasteiger partial charge on any atom is 0.236 e. The Balaban J connectivity index is 1.81. The van der Waals surface area contributed by atoms with E-state index in [0.717, 1.165) is 18.4 Å². The highest BCUT2D eigenvalue weighted by atomic mass is 19.1. The summed E-state index contributed by atoms with van der Waals surface area (Å²) in [6, 6.07) is 7.06. The monoisotopic (exact) mass is 264 g/mol. The molecule has 19 heavy (non-hydrogen) atoms. The van der Waals surface area contributed by atoms with E-state index >= 15 is 0 Å². The first-order valence-corrected chi connectivity index (χ1v) is 6.90. The van der Waals surface area contributed by atoms with Crippen molar-refractivity contribution in [2.45, 2.75) is 44.7 Å². The predicted octanol–water partition coefficient (Wildman–Crippen LogP) is 2.19. The molecule has 1 amide bonds. The number of nitrogens with one attached hydrogen (secondary N) is 2. The fraction of sp³-hybridized carbons (Fsp3) is 0.533. The number of halogens is 1. The number of carbonyl (C=O) groups excluding carboxylic acids is 1. The molecule has 1 atom stereocenters. The van der Waals surface area contributed by atoms with Gasteiger partial charge in [-0.25, -0.2) is 4.39 Å². The third kappa shape index (κ3) is 3.32. The van der Waals surface area contributed by atoms with E-state index in [1.54, 1.807) is 6.07 Å². The molecule has 0 radical (unpaired) electrons. The molecular weight excluding hydrogens is 243 g/mol. The minimum absolute atomic E-state index is 0.0249. The zero-order valence-electron chi connectivity index (χ0n) is 11.4. The molecule has 0 aliphatic heterocycles. The van der Waals surface area contributed by atoms with Crippen LogP contribution in [0.5, 0.6) is 0 Å². The van der Waals surface area contributed by atoms with Crippen LogP contribution >= 0.6 is 0 Å². The summed E-state index contributed by atoms with van der Waals surface area (Å²) in [5, 5.41) is 6.08. The number of hydrogen-bond donors (Lipinski definition) is 2. The van der Waals surface area contributed by atoms with E-state index in [2.05, 4.69) is 10.6 Å². The second-order valence-electron chi connectivity index (χ2n) is 5.17. The van der Waals surface area contributed by atoms with Crippen molar-refractivity contribution in [2.24, 2.45) is 0 Å². The number of benzene rings is 1. The lowest BCUT2D eigenvalue weighted by molar-refractivity contribution is -0.123. The maximum absolute atomic E-state index is 13.6. The molecule has 1 saturated carbocycles. The molecule has 2 rings (SSSR count). The molecule has 1 fully saturated rings. The topological polar surface area (TPSA) is 41.1 Å². The number of rotatable bonds is 5. The molecule has 2 N–H and O–H groups in total. The molecular formula is C15H21FN2O. The van der Waals surface area contributed by atoms with Gasteiger partial charge in [0.1, 0.15) is 5.82 Å². The van der Waals surface area contributed by atoms with Gasteiger partial charge >= 0.3 is 0 Å². The Labute approximate surface area is 113 Å².